The smallest absolute Gasteiger partial charge is 0.101 e. The highest BCUT2D eigenvalue weighted by atomic mass is 31.2. The molecule has 2 fully saturated rings. The largest absolute Gasteiger partial charge is 0.205 e. The molecule has 2 saturated carbocycles. The molecule has 0 bridgehead atoms. The average molecular weight is 492 g/mol. The highest BCUT2D eigenvalue weighted by molar-refractivity contribution is 7.97. The van der Waals surface area contributed by atoms with E-state index in [0.29, 0.717) is 0 Å². The molecule has 0 nitrogen and oxygen atoms in total. The zero-order chi connectivity index (χ0) is 25.0. The van der Waals surface area contributed by atoms with E-state index in [2.05, 4.69) is 173 Å². The second-order valence-corrected chi connectivity index (χ2v) is 13.4. The minimum Gasteiger partial charge on any atom is -0.205 e. The van der Waals surface area contributed by atoms with Crippen LogP contribution in [0, 0.1) is 63.0 Å². The normalized spacial score (nSPS) is 17.3. The van der Waals surface area contributed by atoms with Crippen molar-refractivity contribution in [3.8, 4) is 0 Å². The van der Waals surface area contributed by atoms with Crippen LogP contribution in [0.25, 0.3) is 0 Å². The molecule has 10 radical (unpaired) electrons. The molecule has 2 aliphatic carbocycles. The summed E-state index contributed by atoms with van der Waals surface area (Å²) in [6.45, 7) is 0. The minimum atomic E-state index is -2.09. The lowest BCUT2D eigenvalue weighted by molar-refractivity contribution is 1.32. The van der Waals surface area contributed by atoms with Gasteiger partial charge < -0.3 is 0 Å². The van der Waals surface area contributed by atoms with E-state index in [1.54, 1.807) is 0 Å². The molecule has 2 aliphatic rings. The van der Waals surface area contributed by atoms with Crippen molar-refractivity contribution in [1.29, 1.82) is 0 Å². The molecular formula is C35H30BP. The summed E-state index contributed by atoms with van der Waals surface area (Å²) >= 11 is 0. The van der Waals surface area contributed by atoms with Gasteiger partial charge in [-0.05, 0) is 68.1 Å². The quantitative estimate of drug-likeness (QED) is 0.217. The molecule has 4 aromatic carbocycles. The molecule has 178 valence electrons. The Kier molecular flexibility index (Phi) is 7.35. The zero-order valence-electron chi connectivity index (χ0n) is 20.9. The Hall–Kier alpha value is -2.63. The van der Waals surface area contributed by atoms with Crippen LogP contribution in [0.1, 0.15) is 0 Å². The molecule has 0 aromatic heterocycles. The fourth-order valence-electron chi connectivity index (χ4n) is 6.33. The Morgan fingerprint density at radius 3 is 1.08 bits per heavy atom. The van der Waals surface area contributed by atoms with E-state index in [4.69, 9.17) is 0 Å². The second kappa shape index (κ2) is 11.0. The maximum atomic E-state index is 2.36. The van der Waals surface area contributed by atoms with Crippen molar-refractivity contribution in [3.63, 3.8) is 0 Å². The van der Waals surface area contributed by atoms with Gasteiger partial charge in [-0.15, -0.1) is 0 Å². The summed E-state index contributed by atoms with van der Waals surface area (Å²) in [5.74, 6) is 2.81. The Morgan fingerprint density at radius 1 is 0.405 bits per heavy atom. The Morgan fingerprint density at radius 2 is 0.730 bits per heavy atom. The maximum Gasteiger partial charge on any atom is 0.101 e. The van der Waals surface area contributed by atoms with Gasteiger partial charge in [-0.2, -0.15) is 11.6 Å². The van der Waals surface area contributed by atoms with E-state index in [1.807, 2.05) is 0 Å². The van der Waals surface area contributed by atoms with Crippen LogP contribution in [-0.4, -0.2) is 12.2 Å². The maximum absolute atomic E-state index is 2.36. The first-order valence-electron chi connectivity index (χ1n) is 13.1. The van der Waals surface area contributed by atoms with Gasteiger partial charge in [0.2, 0.25) is 0 Å². The van der Waals surface area contributed by atoms with Crippen molar-refractivity contribution in [2.45, 2.75) is 0 Å². The lowest BCUT2D eigenvalue weighted by atomic mass is 9.11. The molecule has 37 heavy (non-hydrogen) atoms. The van der Waals surface area contributed by atoms with Crippen molar-refractivity contribution in [3.05, 3.63) is 184 Å². The summed E-state index contributed by atoms with van der Waals surface area (Å²) in [6, 6.07) is 46.0. The number of hydrogen-bond acceptors (Lipinski definition) is 0. The van der Waals surface area contributed by atoms with Crippen LogP contribution in [0.3, 0.4) is 0 Å². The predicted octanol–water partition coefficient (Wildman–Crippen LogP) is 5.76. The minimum absolute atomic E-state index is 1.02. The SMILES string of the molecule is [CH]1[CH][CH][C]([B-](C[P+](c2ccccc2)(c2ccccc2)c2ccccc2)([C]2[CH][CH][CH][CH]2)c2ccccc2)[CH]1. The van der Waals surface area contributed by atoms with Gasteiger partial charge in [0, 0.05) is 0 Å². The van der Waals surface area contributed by atoms with E-state index >= 15 is 0 Å². The number of rotatable bonds is 8. The van der Waals surface area contributed by atoms with Crippen molar-refractivity contribution < 1.29 is 0 Å². The molecule has 0 spiro atoms. The van der Waals surface area contributed by atoms with Crippen LogP contribution in [0.15, 0.2) is 121 Å². The fourth-order valence-corrected chi connectivity index (χ4v) is 11.4. The molecule has 0 amide bonds. The first kappa shape index (κ1) is 24.7. The molecule has 0 unspecified atom stereocenters. The predicted molar refractivity (Wildman–Crippen MR) is 163 cm³/mol. The van der Waals surface area contributed by atoms with Crippen molar-refractivity contribution >= 4 is 34.8 Å². The molecule has 6 rings (SSSR count). The third kappa shape index (κ3) is 4.51. The topological polar surface area (TPSA) is 0 Å². The second-order valence-electron chi connectivity index (χ2n) is 9.89. The van der Waals surface area contributed by atoms with E-state index in [0.717, 1.165) is 6.06 Å². The molecule has 4 aromatic rings. The Bertz CT molecular complexity index is 1130. The average Bonchev–Trinajstić information content (AvgIpc) is 3.72. The molecule has 0 atom stereocenters. The fraction of sp³-hybridized carbons (Fsp3) is 0.0286. The Labute approximate surface area is 224 Å². The van der Waals surface area contributed by atoms with Gasteiger partial charge >= 0.3 is 0 Å². The standard InChI is InChI=1S/C35H30BP/c1-5-17-30(18-6-1)36(31-19-13-14-20-31,32-21-15-16-22-32)29-37(33-23-7-2-8-24-33,34-25-9-3-10-26-34)35-27-11-4-12-28-35/h1-28H,29H2. The van der Waals surface area contributed by atoms with E-state index in [1.165, 1.54) is 33.0 Å². The van der Waals surface area contributed by atoms with Gasteiger partial charge in [-0.25, -0.2) is 5.46 Å². The third-order valence-corrected chi connectivity index (χ3v) is 12.7. The number of benzene rings is 4. The summed E-state index contributed by atoms with van der Waals surface area (Å²) in [7, 11) is -2.09. The van der Waals surface area contributed by atoms with Crippen LogP contribution in [-0.2, 0) is 0 Å². The zero-order valence-corrected chi connectivity index (χ0v) is 21.8. The molecule has 0 heterocycles. The van der Waals surface area contributed by atoms with Crippen LogP contribution < -0.4 is 21.4 Å². The summed E-state index contributed by atoms with van der Waals surface area (Å²) in [5, 5.41) is 4.27. The third-order valence-electron chi connectivity index (χ3n) is 8.02. The van der Waals surface area contributed by atoms with E-state index in [9.17, 15) is 0 Å². The number of hydrogen-bond donors (Lipinski definition) is 0. The van der Waals surface area contributed by atoms with Gasteiger partial charge in [-0.3, -0.25) is 0 Å². The first-order valence-corrected chi connectivity index (χ1v) is 15.0. The van der Waals surface area contributed by atoms with Crippen LogP contribution in [0.2, 0.25) is 0 Å². The van der Waals surface area contributed by atoms with Gasteiger partial charge in [0.25, 0.3) is 0 Å². The first-order chi connectivity index (χ1) is 18.3. The van der Waals surface area contributed by atoms with Gasteiger partial charge in [0.05, 0.1) is 13.4 Å². The summed E-state index contributed by atoms with van der Waals surface area (Å²) < 4.78 is 0. The molecule has 0 aliphatic heterocycles. The molecule has 0 saturated heterocycles. The lowest BCUT2D eigenvalue weighted by Gasteiger charge is -2.53. The molecule has 0 N–H and O–H groups in total. The van der Waals surface area contributed by atoms with Gasteiger partial charge in [-0.1, -0.05) is 111 Å². The Balaban J connectivity index is 1.67. The van der Waals surface area contributed by atoms with Crippen LogP contribution in [0.5, 0.6) is 0 Å². The molecule has 2 heteroatoms. The highest BCUT2D eigenvalue weighted by Crippen LogP contribution is 2.60. The summed E-state index contributed by atoms with van der Waals surface area (Å²) in [6.07, 6.45) is 16.9. The lowest BCUT2D eigenvalue weighted by Crippen LogP contribution is -2.63. The van der Waals surface area contributed by atoms with Crippen LogP contribution in [0.4, 0.5) is 0 Å². The molecular weight excluding hydrogens is 462 g/mol. The summed E-state index contributed by atoms with van der Waals surface area (Å²) in [5.41, 5.74) is 1.40. The van der Waals surface area contributed by atoms with Crippen molar-refractivity contribution in [2.75, 3.05) is 6.06 Å². The van der Waals surface area contributed by atoms with Crippen LogP contribution >= 0.6 is 7.26 Å². The monoisotopic (exact) mass is 492 g/mol. The van der Waals surface area contributed by atoms with Gasteiger partial charge in [0.15, 0.2) is 0 Å². The van der Waals surface area contributed by atoms with E-state index in [-0.39, 0.29) is 0 Å². The van der Waals surface area contributed by atoms with Crippen molar-refractivity contribution in [2.24, 2.45) is 0 Å². The van der Waals surface area contributed by atoms with E-state index < -0.39 is 13.4 Å². The van der Waals surface area contributed by atoms with Gasteiger partial charge in [0.1, 0.15) is 15.9 Å². The highest BCUT2D eigenvalue weighted by Gasteiger charge is 2.54. The van der Waals surface area contributed by atoms with Crippen molar-refractivity contribution in [1.82, 2.24) is 0 Å². The summed E-state index contributed by atoms with van der Waals surface area (Å²) in [4.78, 5) is 0.